The van der Waals surface area contributed by atoms with Crippen molar-refractivity contribution < 1.29 is 4.79 Å². The quantitative estimate of drug-likeness (QED) is 0.734. The highest BCUT2D eigenvalue weighted by atomic mass is 35.5. The van der Waals surface area contributed by atoms with Gasteiger partial charge in [-0.2, -0.15) is 0 Å². The number of amides is 1. The predicted octanol–water partition coefficient (Wildman–Crippen LogP) is 4.38. The summed E-state index contributed by atoms with van der Waals surface area (Å²) in [5, 5.41) is 12.1. The molecule has 0 bridgehead atoms. The molecule has 5 nitrogen and oxygen atoms in total. The number of aryl methyl sites for hydroxylation is 1. The first-order valence-corrected chi connectivity index (χ1v) is 9.21. The van der Waals surface area contributed by atoms with Crippen LogP contribution in [0.2, 0.25) is 5.02 Å². The Bertz CT molecular complexity index is 988. The van der Waals surface area contributed by atoms with E-state index in [1.807, 2.05) is 42.2 Å². The van der Waals surface area contributed by atoms with E-state index in [1.54, 1.807) is 12.1 Å². The van der Waals surface area contributed by atoms with E-state index >= 15 is 0 Å². The average Bonchev–Trinajstić information content (AvgIpc) is 2.70. The number of hydrogen-bond donors (Lipinski definition) is 1. The molecule has 0 radical (unpaired) electrons. The molecular weight excluding hydrogens is 360 g/mol. The third-order valence-electron chi connectivity index (χ3n) is 4.76. The summed E-state index contributed by atoms with van der Waals surface area (Å²) in [6.07, 6.45) is 0.864. The number of hydrogen-bond acceptors (Lipinski definition) is 4. The van der Waals surface area contributed by atoms with Crippen molar-refractivity contribution >= 4 is 29.0 Å². The van der Waals surface area contributed by atoms with Crippen LogP contribution < -0.4 is 5.32 Å². The van der Waals surface area contributed by atoms with E-state index in [9.17, 15) is 4.79 Å². The largest absolute Gasteiger partial charge is 0.338 e. The number of fused-ring (bicyclic) bond motifs is 1. The third-order valence-corrected chi connectivity index (χ3v) is 5.00. The number of anilines is 2. The summed E-state index contributed by atoms with van der Waals surface area (Å²) in [5.74, 6) is 0.475. The molecule has 0 spiro atoms. The maximum absolute atomic E-state index is 12.8. The number of halogens is 1. The molecule has 0 fully saturated rings. The molecule has 0 aliphatic carbocycles. The van der Waals surface area contributed by atoms with Gasteiger partial charge in [-0.15, -0.1) is 10.2 Å². The van der Waals surface area contributed by atoms with Crippen LogP contribution >= 0.6 is 11.6 Å². The van der Waals surface area contributed by atoms with Crippen LogP contribution in [0.25, 0.3) is 0 Å². The standard InChI is InChI=1S/C21H19ClN4O/c1-14-6-7-17(22)12-19(14)23-20-9-8-18(24-25-20)21(27)26-11-10-15-4-2-3-5-16(15)13-26/h2-9,12H,10-11,13H2,1H3,(H,23,25). The second-order valence-corrected chi connectivity index (χ2v) is 7.07. The average molecular weight is 379 g/mol. The van der Waals surface area contributed by atoms with Crippen LogP contribution in [0.5, 0.6) is 0 Å². The molecule has 4 rings (SSSR count). The van der Waals surface area contributed by atoms with E-state index in [0.717, 1.165) is 17.7 Å². The number of aromatic nitrogens is 2. The van der Waals surface area contributed by atoms with E-state index in [-0.39, 0.29) is 5.91 Å². The minimum Gasteiger partial charge on any atom is -0.338 e. The van der Waals surface area contributed by atoms with Gasteiger partial charge in [0.15, 0.2) is 11.5 Å². The number of rotatable bonds is 3. The van der Waals surface area contributed by atoms with Gasteiger partial charge >= 0.3 is 0 Å². The first kappa shape index (κ1) is 17.5. The summed E-state index contributed by atoms with van der Waals surface area (Å²) in [6.45, 7) is 3.29. The molecule has 27 heavy (non-hydrogen) atoms. The zero-order valence-electron chi connectivity index (χ0n) is 14.9. The lowest BCUT2D eigenvalue weighted by molar-refractivity contribution is 0.0727. The van der Waals surface area contributed by atoms with E-state index in [2.05, 4.69) is 27.6 Å². The van der Waals surface area contributed by atoms with Gasteiger partial charge < -0.3 is 10.2 Å². The fraction of sp³-hybridized carbons (Fsp3) is 0.190. The molecule has 0 saturated heterocycles. The van der Waals surface area contributed by atoms with E-state index < -0.39 is 0 Å². The maximum atomic E-state index is 12.8. The van der Waals surface area contributed by atoms with E-state index in [0.29, 0.717) is 29.6 Å². The van der Waals surface area contributed by atoms with Crippen molar-refractivity contribution in [3.05, 3.63) is 82.0 Å². The second kappa shape index (κ2) is 7.37. The Morgan fingerprint density at radius 3 is 2.67 bits per heavy atom. The molecule has 2 heterocycles. The van der Waals surface area contributed by atoms with Crippen molar-refractivity contribution in [2.45, 2.75) is 19.9 Å². The molecule has 0 saturated carbocycles. The Balaban J connectivity index is 1.47. The van der Waals surface area contributed by atoms with Gasteiger partial charge in [0.05, 0.1) is 0 Å². The molecule has 0 atom stereocenters. The maximum Gasteiger partial charge on any atom is 0.274 e. The van der Waals surface area contributed by atoms with Crippen molar-refractivity contribution in [1.29, 1.82) is 0 Å². The number of carbonyl (C=O) groups excluding carboxylic acids is 1. The van der Waals surface area contributed by atoms with Crippen LogP contribution in [0, 0.1) is 6.92 Å². The second-order valence-electron chi connectivity index (χ2n) is 6.63. The Morgan fingerprint density at radius 1 is 1.07 bits per heavy atom. The monoisotopic (exact) mass is 378 g/mol. The van der Waals surface area contributed by atoms with Crippen LogP contribution in [0.1, 0.15) is 27.2 Å². The van der Waals surface area contributed by atoms with Gasteiger partial charge in [0.2, 0.25) is 0 Å². The fourth-order valence-electron chi connectivity index (χ4n) is 3.21. The highest BCUT2D eigenvalue weighted by Gasteiger charge is 2.22. The van der Waals surface area contributed by atoms with Gasteiger partial charge in [0, 0.05) is 23.8 Å². The first-order valence-electron chi connectivity index (χ1n) is 8.83. The zero-order valence-corrected chi connectivity index (χ0v) is 15.7. The van der Waals surface area contributed by atoms with Crippen LogP contribution in [0.4, 0.5) is 11.5 Å². The highest BCUT2D eigenvalue weighted by Crippen LogP contribution is 2.23. The Hall–Kier alpha value is -2.92. The van der Waals surface area contributed by atoms with E-state index in [4.69, 9.17) is 11.6 Å². The molecule has 2 aromatic carbocycles. The Morgan fingerprint density at radius 2 is 1.89 bits per heavy atom. The number of carbonyl (C=O) groups is 1. The molecule has 1 N–H and O–H groups in total. The minimum atomic E-state index is -0.0949. The summed E-state index contributed by atoms with van der Waals surface area (Å²) in [7, 11) is 0. The molecular formula is C21H19ClN4O. The molecule has 1 amide bonds. The van der Waals surface area contributed by atoms with Crippen LogP contribution in [-0.4, -0.2) is 27.5 Å². The number of nitrogens with one attached hydrogen (secondary N) is 1. The lowest BCUT2D eigenvalue weighted by Crippen LogP contribution is -2.36. The van der Waals surface area contributed by atoms with Gasteiger partial charge in [0.1, 0.15) is 0 Å². The molecule has 1 aromatic heterocycles. The van der Waals surface area contributed by atoms with Crippen molar-refractivity contribution in [2.75, 3.05) is 11.9 Å². The fourth-order valence-corrected chi connectivity index (χ4v) is 3.38. The molecule has 136 valence electrons. The van der Waals surface area contributed by atoms with Gasteiger partial charge in [0.25, 0.3) is 5.91 Å². The van der Waals surface area contributed by atoms with Gasteiger partial charge in [-0.3, -0.25) is 4.79 Å². The smallest absolute Gasteiger partial charge is 0.274 e. The first-order chi connectivity index (χ1) is 13.1. The molecule has 0 unspecified atom stereocenters. The molecule has 1 aliphatic rings. The van der Waals surface area contributed by atoms with Crippen molar-refractivity contribution in [3.8, 4) is 0 Å². The summed E-state index contributed by atoms with van der Waals surface area (Å²) >= 11 is 6.05. The van der Waals surface area contributed by atoms with Crippen LogP contribution in [-0.2, 0) is 13.0 Å². The molecule has 1 aliphatic heterocycles. The van der Waals surface area contributed by atoms with Gasteiger partial charge in [-0.1, -0.05) is 41.9 Å². The number of benzene rings is 2. The summed E-state index contributed by atoms with van der Waals surface area (Å²) in [5.41, 5.74) is 4.77. The Kier molecular flexibility index (Phi) is 4.77. The number of nitrogens with zero attached hydrogens (tertiary/aromatic N) is 3. The molecule has 3 aromatic rings. The van der Waals surface area contributed by atoms with Gasteiger partial charge in [-0.05, 0) is 54.3 Å². The third kappa shape index (κ3) is 3.78. The van der Waals surface area contributed by atoms with Gasteiger partial charge in [-0.25, -0.2) is 0 Å². The molecule has 6 heteroatoms. The van der Waals surface area contributed by atoms with Crippen molar-refractivity contribution in [1.82, 2.24) is 15.1 Å². The summed E-state index contributed by atoms with van der Waals surface area (Å²) in [6, 6.07) is 17.3. The van der Waals surface area contributed by atoms with Crippen LogP contribution in [0.3, 0.4) is 0 Å². The summed E-state index contributed by atoms with van der Waals surface area (Å²) in [4.78, 5) is 14.6. The predicted molar refractivity (Wildman–Crippen MR) is 106 cm³/mol. The van der Waals surface area contributed by atoms with Crippen molar-refractivity contribution in [3.63, 3.8) is 0 Å². The zero-order chi connectivity index (χ0) is 18.8. The highest BCUT2D eigenvalue weighted by molar-refractivity contribution is 6.30. The topological polar surface area (TPSA) is 58.1 Å². The SMILES string of the molecule is Cc1ccc(Cl)cc1Nc1ccc(C(=O)N2CCc3ccccc3C2)nn1. The lowest BCUT2D eigenvalue weighted by atomic mass is 10.00. The lowest BCUT2D eigenvalue weighted by Gasteiger charge is -2.28. The summed E-state index contributed by atoms with van der Waals surface area (Å²) < 4.78 is 0. The van der Waals surface area contributed by atoms with Crippen molar-refractivity contribution in [2.24, 2.45) is 0 Å². The van der Waals surface area contributed by atoms with E-state index in [1.165, 1.54) is 11.1 Å². The van der Waals surface area contributed by atoms with Crippen LogP contribution in [0.15, 0.2) is 54.6 Å². The normalized spacial score (nSPS) is 13.2. The Labute approximate surface area is 163 Å². The minimum absolute atomic E-state index is 0.0949.